The molecule has 1 aromatic carbocycles. The van der Waals surface area contributed by atoms with E-state index in [0.29, 0.717) is 18.5 Å². The Kier molecular flexibility index (Phi) is 3.37. The molecule has 2 heterocycles. The van der Waals surface area contributed by atoms with Gasteiger partial charge in [0.05, 0.1) is 11.9 Å². The van der Waals surface area contributed by atoms with Gasteiger partial charge in [-0.3, -0.25) is 4.79 Å². The van der Waals surface area contributed by atoms with Crippen LogP contribution < -0.4 is 10.1 Å². The van der Waals surface area contributed by atoms with Gasteiger partial charge < -0.3 is 10.1 Å². The topological polar surface area (TPSA) is 79.9 Å². The molecule has 1 amide bonds. The highest BCUT2D eigenvalue weighted by molar-refractivity contribution is 5.94. The highest BCUT2D eigenvalue weighted by Gasteiger charge is 2.20. The molecule has 6 heteroatoms. The molecule has 1 aliphatic rings. The Morgan fingerprint density at radius 1 is 1.55 bits per heavy atom. The van der Waals surface area contributed by atoms with Gasteiger partial charge in [0.1, 0.15) is 11.9 Å². The van der Waals surface area contributed by atoms with Crippen molar-refractivity contribution in [3.63, 3.8) is 0 Å². The summed E-state index contributed by atoms with van der Waals surface area (Å²) < 4.78 is 5.62. The first-order chi connectivity index (χ1) is 9.72. The van der Waals surface area contributed by atoms with Crippen molar-refractivity contribution in [2.24, 2.45) is 0 Å². The molecular formula is C14H16N4O2. The third-order valence-electron chi connectivity index (χ3n) is 3.29. The molecule has 1 aliphatic heterocycles. The third-order valence-corrected chi connectivity index (χ3v) is 3.29. The molecule has 0 spiro atoms. The Balaban J connectivity index is 1.59. The van der Waals surface area contributed by atoms with Gasteiger partial charge in [-0.25, -0.2) is 0 Å². The Morgan fingerprint density at radius 3 is 3.25 bits per heavy atom. The van der Waals surface area contributed by atoms with Gasteiger partial charge in [-0.1, -0.05) is 0 Å². The van der Waals surface area contributed by atoms with E-state index in [9.17, 15) is 4.79 Å². The number of ether oxygens (including phenoxy) is 1. The molecule has 2 aromatic rings. The number of aromatic nitrogens is 3. The number of amides is 1. The molecule has 104 valence electrons. The first-order valence-corrected chi connectivity index (χ1v) is 6.65. The van der Waals surface area contributed by atoms with Crippen LogP contribution in [-0.2, 0) is 12.8 Å². The number of H-pyrrole nitrogens is 1. The second kappa shape index (κ2) is 5.32. The molecule has 1 atom stereocenters. The maximum Gasteiger partial charge on any atom is 0.251 e. The SMILES string of the molecule is C[C@@H]1Cc2cc(C(=O)NCCc3cn[nH]n3)ccc2O1. The van der Waals surface area contributed by atoms with E-state index in [2.05, 4.69) is 20.7 Å². The first-order valence-electron chi connectivity index (χ1n) is 6.65. The van der Waals surface area contributed by atoms with E-state index in [4.69, 9.17) is 4.74 Å². The van der Waals surface area contributed by atoms with Crippen LogP contribution >= 0.6 is 0 Å². The number of fused-ring (bicyclic) bond motifs is 1. The molecule has 0 aliphatic carbocycles. The van der Waals surface area contributed by atoms with Crippen molar-refractivity contribution in [1.29, 1.82) is 0 Å². The largest absolute Gasteiger partial charge is 0.490 e. The van der Waals surface area contributed by atoms with Crippen LogP contribution in [0.3, 0.4) is 0 Å². The fraction of sp³-hybridized carbons (Fsp3) is 0.357. The predicted octanol–water partition coefficient (Wildman–Crippen LogP) is 1.10. The smallest absolute Gasteiger partial charge is 0.251 e. The van der Waals surface area contributed by atoms with E-state index in [1.54, 1.807) is 12.3 Å². The molecule has 0 unspecified atom stereocenters. The summed E-state index contributed by atoms with van der Waals surface area (Å²) >= 11 is 0. The zero-order valence-electron chi connectivity index (χ0n) is 11.2. The molecule has 0 bridgehead atoms. The minimum Gasteiger partial charge on any atom is -0.490 e. The number of carbonyl (C=O) groups excluding carboxylic acids is 1. The summed E-state index contributed by atoms with van der Waals surface area (Å²) in [5, 5.41) is 13.1. The number of rotatable bonds is 4. The van der Waals surface area contributed by atoms with Crippen LogP contribution in [0, 0.1) is 0 Å². The molecule has 0 fully saturated rings. The van der Waals surface area contributed by atoms with Crippen LogP contribution in [0.5, 0.6) is 5.75 Å². The first kappa shape index (κ1) is 12.7. The van der Waals surface area contributed by atoms with Crippen molar-refractivity contribution in [2.45, 2.75) is 25.9 Å². The van der Waals surface area contributed by atoms with Gasteiger partial charge in [0, 0.05) is 24.9 Å². The van der Waals surface area contributed by atoms with Crippen molar-refractivity contribution in [2.75, 3.05) is 6.54 Å². The van der Waals surface area contributed by atoms with Crippen LogP contribution in [0.2, 0.25) is 0 Å². The molecule has 1 aromatic heterocycles. The average molecular weight is 272 g/mol. The third kappa shape index (κ3) is 2.64. The lowest BCUT2D eigenvalue weighted by Crippen LogP contribution is -2.25. The fourth-order valence-electron chi connectivity index (χ4n) is 2.32. The second-order valence-electron chi connectivity index (χ2n) is 4.92. The maximum atomic E-state index is 12.1. The highest BCUT2D eigenvalue weighted by Crippen LogP contribution is 2.29. The summed E-state index contributed by atoms with van der Waals surface area (Å²) in [4.78, 5) is 12.1. The monoisotopic (exact) mass is 272 g/mol. The summed E-state index contributed by atoms with van der Waals surface area (Å²) in [5.74, 6) is 0.812. The molecule has 0 radical (unpaired) electrons. The van der Waals surface area contributed by atoms with Crippen LogP contribution in [0.4, 0.5) is 0 Å². The number of nitrogens with one attached hydrogen (secondary N) is 2. The number of carbonyl (C=O) groups is 1. The Hall–Kier alpha value is -2.37. The van der Waals surface area contributed by atoms with Gasteiger partial charge in [-0.15, -0.1) is 0 Å². The van der Waals surface area contributed by atoms with E-state index in [0.717, 1.165) is 23.4 Å². The van der Waals surface area contributed by atoms with Crippen LogP contribution in [0.15, 0.2) is 24.4 Å². The standard InChI is InChI=1S/C14H16N4O2/c1-9-6-11-7-10(2-3-13(11)20-9)14(19)15-5-4-12-8-16-18-17-12/h2-3,7-9H,4-6H2,1H3,(H,15,19)(H,16,17,18)/t9-/m1/s1. The number of benzene rings is 1. The molecule has 0 saturated heterocycles. The van der Waals surface area contributed by atoms with Crippen molar-refractivity contribution < 1.29 is 9.53 Å². The van der Waals surface area contributed by atoms with Crippen molar-refractivity contribution in [3.05, 3.63) is 41.2 Å². The van der Waals surface area contributed by atoms with Crippen LogP contribution in [0.25, 0.3) is 0 Å². The average Bonchev–Trinajstić information content (AvgIpc) is 3.05. The van der Waals surface area contributed by atoms with Gasteiger partial charge in [0.2, 0.25) is 0 Å². The Labute approximate surface area is 116 Å². The summed E-state index contributed by atoms with van der Waals surface area (Å²) in [6.07, 6.45) is 3.36. The van der Waals surface area contributed by atoms with E-state index >= 15 is 0 Å². The zero-order valence-corrected chi connectivity index (χ0v) is 11.2. The highest BCUT2D eigenvalue weighted by atomic mass is 16.5. The fourth-order valence-corrected chi connectivity index (χ4v) is 2.32. The normalized spacial score (nSPS) is 16.6. The number of hydrogen-bond acceptors (Lipinski definition) is 4. The number of aromatic amines is 1. The zero-order chi connectivity index (χ0) is 13.9. The lowest BCUT2D eigenvalue weighted by Gasteiger charge is -2.05. The lowest BCUT2D eigenvalue weighted by molar-refractivity contribution is 0.0954. The Bertz CT molecular complexity index is 610. The molecule has 2 N–H and O–H groups in total. The molecule has 20 heavy (non-hydrogen) atoms. The van der Waals surface area contributed by atoms with Gasteiger partial charge in [0.15, 0.2) is 0 Å². The second-order valence-corrected chi connectivity index (χ2v) is 4.92. The van der Waals surface area contributed by atoms with Gasteiger partial charge in [-0.05, 0) is 30.7 Å². The summed E-state index contributed by atoms with van der Waals surface area (Å²) in [7, 11) is 0. The molecule has 6 nitrogen and oxygen atoms in total. The number of hydrogen-bond donors (Lipinski definition) is 2. The minimum absolute atomic E-state index is 0.0733. The van der Waals surface area contributed by atoms with Gasteiger partial charge in [0.25, 0.3) is 5.91 Å². The predicted molar refractivity (Wildman–Crippen MR) is 72.7 cm³/mol. The van der Waals surface area contributed by atoms with Crippen LogP contribution in [-0.4, -0.2) is 34.0 Å². The van der Waals surface area contributed by atoms with Crippen molar-refractivity contribution in [1.82, 2.24) is 20.7 Å². The van der Waals surface area contributed by atoms with Crippen LogP contribution in [0.1, 0.15) is 28.5 Å². The van der Waals surface area contributed by atoms with E-state index in [1.165, 1.54) is 0 Å². The van der Waals surface area contributed by atoms with E-state index in [-0.39, 0.29) is 12.0 Å². The summed E-state index contributed by atoms with van der Waals surface area (Å²) in [6, 6.07) is 5.57. The van der Waals surface area contributed by atoms with Gasteiger partial charge in [-0.2, -0.15) is 15.4 Å². The molecule has 0 saturated carbocycles. The van der Waals surface area contributed by atoms with Crippen molar-refractivity contribution in [3.8, 4) is 5.75 Å². The quantitative estimate of drug-likeness (QED) is 0.873. The summed E-state index contributed by atoms with van der Waals surface area (Å²) in [5.41, 5.74) is 2.60. The lowest BCUT2D eigenvalue weighted by atomic mass is 10.1. The number of nitrogens with zero attached hydrogens (tertiary/aromatic N) is 2. The molecular weight excluding hydrogens is 256 g/mol. The summed E-state index contributed by atoms with van der Waals surface area (Å²) in [6.45, 7) is 2.56. The van der Waals surface area contributed by atoms with Gasteiger partial charge >= 0.3 is 0 Å². The van der Waals surface area contributed by atoms with E-state index < -0.39 is 0 Å². The van der Waals surface area contributed by atoms with Crippen molar-refractivity contribution >= 4 is 5.91 Å². The minimum atomic E-state index is -0.0733. The van der Waals surface area contributed by atoms with E-state index in [1.807, 2.05) is 19.1 Å². The Morgan fingerprint density at radius 2 is 2.45 bits per heavy atom. The maximum absolute atomic E-state index is 12.1. The molecule has 3 rings (SSSR count).